The summed E-state index contributed by atoms with van der Waals surface area (Å²) in [6.45, 7) is 9.16. The van der Waals surface area contributed by atoms with Crippen molar-refractivity contribution in [1.29, 1.82) is 5.26 Å². The molecule has 2 aliphatic rings. The highest BCUT2D eigenvalue weighted by atomic mass is 32.2. The number of imidazole rings is 1. The first-order valence-corrected chi connectivity index (χ1v) is 25.4. The van der Waals surface area contributed by atoms with Crippen molar-refractivity contribution in [3.8, 4) is 17.6 Å². The third kappa shape index (κ3) is 9.51. The first-order valence-electron chi connectivity index (χ1n) is 21.4. The molecule has 2 bridgehead atoms. The fourth-order valence-electron chi connectivity index (χ4n) is 8.53. The van der Waals surface area contributed by atoms with Crippen molar-refractivity contribution in [1.82, 2.24) is 24.2 Å². The summed E-state index contributed by atoms with van der Waals surface area (Å²) >= 11 is 1.75. The predicted molar refractivity (Wildman–Crippen MR) is 255 cm³/mol. The molecule has 1 amide bonds. The van der Waals surface area contributed by atoms with Gasteiger partial charge in [-0.1, -0.05) is 72.8 Å². The molecular weight excluding hydrogens is 881 g/mol. The van der Waals surface area contributed by atoms with Crippen molar-refractivity contribution in [2.24, 2.45) is 0 Å². The van der Waals surface area contributed by atoms with Gasteiger partial charge >= 0.3 is 0 Å². The minimum absolute atomic E-state index is 0.0851. The summed E-state index contributed by atoms with van der Waals surface area (Å²) < 4.78 is 42.5. The number of carbonyl (C=O) groups is 1. The predicted octanol–water partition coefficient (Wildman–Crippen LogP) is 9.74. The van der Waals surface area contributed by atoms with Crippen LogP contribution in [0.15, 0.2) is 122 Å². The number of anilines is 1. The van der Waals surface area contributed by atoms with Crippen LogP contribution in [0.2, 0.25) is 0 Å². The maximum Gasteiger partial charge on any atom is 0.256 e. The minimum Gasteiger partial charge on any atom is -0.497 e. The number of nitrogens with zero attached hydrogens (tertiary/aromatic N) is 6. The Morgan fingerprint density at radius 3 is 2.14 bits per heavy atom. The SMILES string of the molecule is COc1ccc(C(SCC23COC(C(n4cnc5c(NC(=O)c6ccccc6)ncnc54)O2)C3OPP(OCCC#N)N(C(C)C)C(C)C)(c2ccccc2)c2ccc(OC)cc2)cc1. The maximum atomic E-state index is 13.3. The molecule has 6 unspecified atom stereocenters. The summed E-state index contributed by atoms with van der Waals surface area (Å²) in [5.41, 5.74) is 3.55. The molecule has 14 nitrogen and oxygen atoms in total. The van der Waals surface area contributed by atoms with Gasteiger partial charge in [-0.05, 0) is 80.8 Å². The third-order valence-corrected chi connectivity index (χ3v) is 17.5. The molecule has 8 rings (SSSR count). The average Bonchev–Trinajstić information content (AvgIpc) is 4.02. The van der Waals surface area contributed by atoms with Gasteiger partial charge in [-0.25, -0.2) is 15.0 Å². The van der Waals surface area contributed by atoms with E-state index >= 15 is 0 Å². The van der Waals surface area contributed by atoms with Crippen molar-refractivity contribution in [2.75, 3.05) is 38.5 Å². The van der Waals surface area contributed by atoms with E-state index in [9.17, 15) is 10.1 Å². The van der Waals surface area contributed by atoms with E-state index in [1.54, 1.807) is 44.4 Å². The number of rotatable bonds is 20. The van der Waals surface area contributed by atoms with Gasteiger partial charge < -0.3 is 33.3 Å². The molecule has 65 heavy (non-hydrogen) atoms. The summed E-state index contributed by atoms with van der Waals surface area (Å²) in [6, 6.07) is 38.4. The summed E-state index contributed by atoms with van der Waals surface area (Å²) in [4.78, 5) is 27.1. The number of methoxy groups -OCH3 is 2. The lowest BCUT2D eigenvalue weighted by molar-refractivity contribution is -0.162. The molecule has 1 N–H and O–H groups in total. The number of fused-ring (bicyclic) bond motifs is 3. The fraction of sp³-hybridized carbons (Fsp3) is 0.354. The van der Waals surface area contributed by atoms with Crippen LogP contribution in [0.3, 0.4) is 0 Å². The van der Waals surface area contributed by atoms with Crippen LogP contribution in [0.1, 0.15) is 67.4 Å². The smallest absolute Gasteiger partial charge is 0.256 e. The Balaban J connectivity index is 1.20. The molecule has 2 aromatic heterocycles. The number of benzene rings is 4. The first-order chi connectivity index (χ1) is 31.6. The largest absolute Gasteiger partial charge is 0.497 e. The second kappa shape index (κ2) is 20.7. The number of aromatic nitrogens is 4. The Kier molecular flexibility index (Phi) is 14.8. The highest BCUT2D eigenvalue weighted by Gasteiger charge is 2.64. The number of nitrogens with one attached hydrogen (secondary N) is 1. The maximum absolute atomic E-state index is 13.3. The van der Waals surface area contributed by atoms with Crippen molar-refractivity contribution in [2.45, 2.75) is 75.0 Å². The van der Waals surface area contributed by atoms with Crippen molar-refractivity contribution in [3.05, 3.63) is 144 Å². The molecule has 17 heteroatoms. The number of amides is 1. The van der Waals surface area contributed by atoms with Gasteiger partial charge in [-0.2, -0.15) is 5.26 Å². The van der Waals surface area contributed by atoms with Crippen molar-refractivity contribution < 1.29 is 32.8 Å². The molecule has 0 radical (unpaired) electrons. The zero-order valence-corrected chi connectivity index (χ0v) is 39.9. The molecule has 338 valence electrons. The lowest BCUT2D eigenvalue weighted by atomic mass is 9.84. The lowest BCUT2D eigenvalue weighted by Crippen LogP contribution is -2.45. The lowest BCUT2D eigenvalue weighted by Gasteiger charge is -2.40. The van der Waals surface area contributed by atoms with E-state index in [1.807, 2.05) is 53.1 Å². The molecule has 0 aliphatic carbocycles. The zero-order valence-electron chi connectivity index (χ0n) is 37.2. The number of carbonyl (C=O) groups excluding carboxylic acids is 1. The molecular formula is C48H53N7O7P2S. The van der Waals surface area contributed by atoms with Gasteiger partial charge in [0.1, 0.15) is 35.6 Å². The van der Waals surface area contributed by atoms with E-state index in [4.69, 9.17) is 33.0 Å². The van der Waals surface area contributed by atoms with E-state index in [0.29, 0.717) is 29.1 Å². The Hall–Kier alpha value is -5.00. The van der Waals surface area contributed by atoms with Gasteiger partial charge in [0, 0.05) is 23.4 Å². The van der Waals surface area contributed by atoms with Crippen molar-refractivity contribution in [3.63, 3.8) is 0 Å². The Morgan fingerprint density at radius 1 is 0.923 bits per heavy atom. The summed E-state index contributed by atoms with van der Waals surface area (Å²) in [5.74, 6) is 1.91. The molecule has 0 saturated carbocycles. The molecule has 4 aromatic carbocycles. The van der Waals surface area contributed by atoms with Gasteiger partial charge in [0.05, 0.1) is 59.5 Å². The summed E-state index contributed by atoms with van der Waals surface area (Å²) in [5, 5.41) is 12.3. The Labute approximate surface area is 387 Å². The van der Waals surface area contributed by atoms with Crippen LogP contribution < -0.4 is 14.8 Å². The van der Waals surface area contributed by atoms with E-state index in [2.05, 4.69) is 102 Å². The topological polar surface area (TPSA) is 155 Å². The van der Waals surface area contributed by atoms with E-state index in [1.165, 1.54) is 6.33 Å². The van der Waals surface area contributed by atoms with Gasteiger partial charge in [0.2, 0.25) is 0 Å². The molecule has 2 saturated heterocycles. The summed E-state index contributed by atoms with van der Waals surface area (Å²) in [6.07, 6.45) is 1.51. The molecule has 6 atom stereocenters. The number of thioether (sulfide) groups is 1. The molecule has 0 spiro atoms. The van der Waals surface area contributed by atoms with E-state index in [-0.39, 0.29) is 45.3 Å². The normalized spacial score (nSPS) is 20.0. The first kappa shape index (κ1) is 46.5. The highest BCUT2D eigenvalue weighted by Crippen LogP contribution is 2.64. The Bertz CT molecular complexity index is 2510. The second-order valence-corrected chi connectivity index (χ2v) is 20.8. The van der Waals surface area contributed by atoms with Crippen LogP contribution in [0.4, 0.5) is 5.82 Å². The van der Waals surface area contributed by atoms with Gasteiger partial charge in [-0.15, -0.1) is 11.8 Å². The van der Waals surface area contributed by atoms with Crippen LogP contribution in [0, 0.1) is 11.3 Å². The van der Waals surface area contributed by atoms with Crippen molar-refractivity contribution >= 4 is 51.1 Å². The van der Waals surface area contributed by atoms with E-state index in [0.717, 1.165) is 28.2 Å². The monoisotopic (exact) mass is 933 g/mol. The minimum atomic E-state index is -1.27. The number of nitriles is 1. The second-order valence-electron chi connectivity index (χ2n) is 16.2. The van der Waals surface area contributed by atoms with Gasteiger partial charge in [0.25, 0.3) is 5.91 Å². The fourth-order valence-corrected chi connectivity index (χ4v) is 14.9. The van der Waals surface area contributed by atoms with Crippen LogP contribution in [-0.4, -0.2) is 93.2 Å². The summed E-state index contributed by atoms with van der Waals surface area (Å²) in [7, 11) is 1.98. The van der Waals surface area contributed by atoms with E-state index < -0.39 is 36.8 Å². The van der Waals surface area contributed by atoms with Crippen LogP contribution >= 0.6 is 28.2 Å². The zero-order chi connectivity index (χ0) is 45.6. The molecule has 6 aromatic rings. The van der Waals surface area contributed by atoms with Gasteiger partial charge in [0.15, 0.2) is 31.2 Å². The van der Waals surface area contributed by atoms with Gasteiger partial charge in [-0.3, -0.25) is 14.0 Å². The number of hydrogen-bond acceptors (Lipinski definition) is 13. The quantitative estimate of drug-likeness (QED) is 0.0439. The van der Waals surface area contributed by atoms with Crippen LogP contribution in [0.5, 0.6) is 11.5 Å². The average molecular weight is 934 g/mol. The number of hydrogen-bond donors (Lipinski definition) is 1. The number of ether oxygens (including phenoxy) is 4. The molecule has 4 heterocycles. The molecule has 2 aliphatic heterocycles. The highest BCUT2D eigenvalue weighted by molar-refractivity contribution is 8.15. The van der Waals surface area contributed by atoms with Crippen LogP contribution in [-0.2, 0) is 23.3 Å². The van der Waals surface area contributed by atoms with Crippen LogP contribution in [0.25, 0.3) is 11.2 Å². The Morgan fingerprint density at radius 2 is 1.54 bits per heavy atom. The standard InChI is InChI=1S/C48H53N7O7P2S/c1-32(2)55(33(3)4)64(60-27-13-26-49)63-62-42-41-46(54-31-52-40-43(50-30-51-44(40)54)53-45(56)34-14-9-7-10-15-34)61-47(42,28-59-41)29-65-48(35-16-11-8-12-17-35,36-18-22-38(57-5)23-19-36)37-20-24-39(58-6)25-21-37/h7-12,14-25,30-33,41-42,46,63H,13,27-29H2,1-6H3,(H,50,51,53,56). The third-order valence-electron chi connectivity index (χ3n) is 11.5. The molecule has 2 fully saturated rings.